The highest BCUT2D eigenvalue weighted by atomic mass is 127. The second kappa shape index (κ2) is 13.0. The number of hydrogen-bond acceptors (Lipinski definition) is 3. The number of nitrogens with zero attached hydrogens (tertiary/aromatic N) is 2. The van der Waals surface area contributed by atoms with Crippen molar-refractivity contribution in [2.24, 2.45) is 4.99 Å². The number of ether oxygens (including phenoxy) is 1. The van der Waals surface area contributed by atoms with Gasteiger partial charge in [0.05, 0.1) is 20.2 Å². The Hall–Kier alpha value is -2.36. The Balaban J connectivity index is 0.00000450. The van der Waals surface area contributed by atoms with Crippen LogP contribution in [0, 0.1) is 12.7 Å². The van der Waals surface area contributed by atoms with Gasteiger partial charge in [-0.15, -0.1) is 24.0 Å². The van der Waals surface area contributed by atoms with Crippen LogP contribution in [0.1, 0.15) is 16.7 Å². The minimum absolute atomic E-state index is 0. The lowest BCUT2D eigenvalue weighted by Gasteiger charge is -2.15. The zero-order valence-corrected chi connectivity index (χ0v) is 20.2. The molecule has 0 bridgehead atoms. The molecule has 2 N–H and O–H groups in total. The second-order valence-electron chi connectivity index (χ2n) is 6.91. The van der Waals surface area contributed by atoms with Crippen molar-refractivity contribution in [3.63, 3.8) is 0 Å². The number of hydrogen-bond donors (Lipinski definition) is 2. The number of halogens is 2. The molecule has 2 aromatic carbocycles. The van der Waals surface area contributed by atoms with Gasteiger partial charge in [0.15, 0.2) is 5.96 Å². The number of nitrogens with one attached hydrogen (secondary N) is 2. The van der Waals surface area contributed by atoms with Gasteiger partial charge >= 0.3 is 0 Å². The summed E-state index contributed by atoms with van der Waals surface area (Å²) in [6.07, 6.45) is 0.783. The van der Waals surface area contributed by atoms with Gasteiger partial charge in [-0.25, -0.2) is 9.38 Å². The van der Waals surface area contributed by atoms with E-state index in [2.05, 4.69) is 15.6 Å². The molecule has 8 heteroatoms. The normalized spacial score (nSPS) is 10.8. The van der Waals surface area contributed by atoms with Gasteiger partial charge in [-0.2, -0.15) is 0 Å². The van der Waals surface area contributed by atoms with E-state index in [0.717, 1.165) is 23.3 Å². The summed E-state index contributed by atoms with van der Waals surface area (Å²) in [5.74, 6) is 1.02. The smallest absolute Gasteiger partial charge is 0.241 e. The Morgan fingerprint density at radius 3 is 2.37 bits per heavy atom. The van der Waals surface area contributed by atoms with E-state index in [-0.39, 0.29) is 42.2 Å². The van der Waals surface area contributed by atoms with Crippen molar-refractivity contribution in [2.75, 3.05) is 34.3 Å². The number of benzene rings is 2. The highest BCUT2D eigenvalue weighted by molar-refractivity contribution is 14.0. The fourth-order valence-corrected chi connectivity index (χ4v) is 2.51. The molecular formula is C22H30FIN4O2. The van der Waals surface area contributed by atoms with Gasteiger partial charge in [0.2, 0.25) is 5.91 Å². The van der Waals surface area contributed by atoms with Gasteiger partial charge in [-0.05, 0) is 48.2 Å². The topological polar surface area (TPSA) is 66.0 Å². The Bertz CT molecular complexity index is 842. The number of likely N-dealkylation sites (N-methyl/N-ethyl adjacent to an activating group) is 1. The fourth-order valence-electron chi connectivity index (χ4n) is 2.51. The van der Waals surface area contributed by atoms with Crippen LogP contribution in [0.15, 0.2) is 47.5 Å². The van der Waals surface area contributed by atoms with Gasteiger partial charge < -0.3 is 20.3 Å². The van der Waals surface area contributed by atoms with Crippen LogP contribution >= 0.6 is 24.0 Å². The maximum atomic E-state index is 13.8. The molecule has 6 nitrogen and oxygen atoms in total. The maximum Gasteiger partial charge on any atom is 0.241 e. The molecule has 0 aliphatic heterocycles. The predicted molar refractivity (Wildman–Crippen MR) is 129 cm³/mol. The minimum Gasteiger partial charge on any atom is -0.497 e. The summed E-state index contributed by atoms with van der Waals surface area (Å²) in [5.41, 5.74) is 2.52. The van der Waals surface area contributed by atoms with Gasteiger partial charge in [0.1, 0.15) is 11.6 Å². The second-order valence-corrected chi connectivity index (χ2v) is 6.91. The number of methoxy groups -OCH3 is 1. The molecule has 0 saturated heterocycles. The molecule has 0 radical (unpaired) electrons. The van der Waals surface area contributed by atoms with Gasteiger partial charge in [0.25, 0.3) is 0 Å². The highest BCUT2D eigenvalue weighted by Crippen LogP contribution is 2.11. The largest absolute Gasteiger partial charge is 0.497 e. The first-order valence-corrected chi connectivity index (χ1v) is 9.49. The zero-order valence-electron chi connectivity index (χ0n) is 17.9. The summed E-state index contributed by atoms with van der Waals surface area (Å²) in [6, 6.07) is 12.9. The summed E-state index contributed by atoms with van der Waals surface area (Å²) in [4.78, 5) is 17.9. The molecule has 0 aliphatic carbocycles. The van der Waals surface area contributed by atoms with Crippen molar-refractivity contribution in [3.05, 3.63) is 65.0 Å². The van der Waals surface area contributed by atoms with E-state index in [1.807, 2.05) is 30.3 Å². The average Bonchev–Trinajstić information content (AvgIpc) is 2.72. The van der Waals surface area contributed by atoms with Crippen LogP contribution in [0.3, 0.4) is 0 Å². The van der Waals surface area contributed by atoms with E-state index >= 15 is 0 Å². The van der Waals surface area contributed by atoms with Crippen LogP contribution < -0.4 is 15.4 Å². The fraction of sp³-hybridized carbons (Fsp3) is 0.364. The Morgan fingerprint density at radius 1 is 1.10 bits per heavy atom. The number of amides is 1. The number of aryl methyl sites for hydroxylation is 1. The lowest BCUT2D eigenvalue weighted by Crippen LogP contribution is -2.43. The molecule has 164 valence electrons. The summed E-state index contributed by atoms with van der Waals surface area (Å²) >= 11 is 0. The van der Waals surface area contributed by atoms with Crippen LogP contribution in [0.2, 0.25) is 0 Å². The molecule has 0 spiro atoms. The predicted octanol–water partition coefficient (Wildman–Crippen LogP) is 3.13. The minimum atomic E-state index is -0.248. The number of carbonyl (C=O) groups is 1. The third-order valence-electron chi connectivity index (χ3n) is 4.43. The first kappa shape index (κ1) is 25.7. The van der Waals surface area contributed by atoms with E-state index < -0.39 is 0 Å². The number of carbonyl (C=O) groups excluding carboxylic acids is 1. The molecular weight excluding hydrogens is 498 g/mol. The van der Waals surface area contributed by atoms with Crippen LogP contribution in [-0.2, 0) is 17.8 Å². The van der Waals surface area contributed by atoms with Crippen molar-refractivity contribution < 1.29 is 13.9 Å². The standard InChI is InChI=1S/C22H29FN4O2.HI/c1-16-5-6-18(13-20(16)23)14-25-22(26-15-21(28)27(2)3)24-12-11-17-7-9-19(29-4)10-8-17;/h5-10,13H,11-12,14-15H2,1-4H3,(H2,24,25,26);1H. The number of guanidine groups is 1. The third kappa shape index (κ3) is 8.56. The average molecular weight is 528 g/mol. The van der Waals surface area contributed by atoms with Crippen LogP contribution in [0.25, 0.3) is 0 Å². The Morgan fingerprint density at radius 2 is 1.77 bits per heavy atom. The molecule has 0 aromatic heterocycles. The van der Waals surface area contributed by atoms with Gasteiger partial charge in [-0.1, -0.05) is 24.3 Å². The lowest BCUT2D eigenvalue weighted by molar-refractivity contribution is -0.127. The summed E-state index contributed by atoms with van der Waals surface area (Å²) in [5, 5.41) is 6.27. The quantitative estimate of drug-likeness (QED) is 0.314. The molecule has 2 aromatic rings. The van der Waals surface area contributed by atoms with Crippen LogP contribution in [0.5, 0.6) is 5.75 Å². The molecule has 30 heavy (non-hydrogen) atoms. The molecule has 0 unspecified atom stereocenters. The Kier molecular flexibility index (Phi) is 11.2. The molecule has 0 heterocycles. The van der Waals surface area contributed by atoms with Crippen molar-refractivity contribution in [1.29, 1.82) is 0 Å². The summed E-state index contributed by atoms with van der Waals surface area (Å²) in [6.45, 7) is 2.80. The highest BCUT2D eigenvalue weighted by Gasteiger charge is 2.06. The van der Waals surface area contributed by atoms with Gasteiger partial charge in [0, 0.05) is 20.6 Å². The van der Waals surface area contributed by atoms with Crippen LogP contribution in [-0.4, -0.2) is 51.1 Å². The van der Waals surface area contributed by atoms with Crippen molar-refractivity contribution >= 4 is 35.8 Å². The zero-order chi connectivity index (χ0) is 21.2. The SMILES string of the molecule is COc1ccc(CCNC(=NCc2ccc(C)c(F)c2)NCC(=O)N(C)C)cc1.I. The van der Waals surface area contributed by atoms with E-state index in [1.54, 1.807) is 34.2 Å². The van der Waals surface area contributed by atoms with E-state index in [0.29, 0.717) is 24.6 Å². The van der Waals surface area contributed by atoms with Crippen LogP contribution in [0.4, 0.5) is 4.39 Å². The first-order chi connectivity index (χ1) is 13.9. The molecule has 0 aliphatic rings. The van der Waals surface area contributed by atoms with E-state index in [1.165, 1.54) is 11.0 Å². The molecule has 0 fully saturated rings. The Labute approximate surface area is 194 Å². The van der Waals surface area contributed by atoms with Crippen molar-refractivity contribution in [2.45, 2.75) is 19.9 Å². The van der Waals surface area contributed by atoms with E-state index in [9.17, 15) is 9.18 Å². The monoisotopic (exact) mass is 528 g/mol. The maximum absolute atomic E-state index is 13.8. The number of rotatable bonds is 8. The van der Waals surface area contributed by atoms with Crippen molar-refractivity contribution in [1.82, 2.24) is 15.5 Å². The summed E-state index contributed by atoms with van der Waals surface area (Å²) in [7, 11) is 5.04. The van der Waals surface area contributed by atoms with Crippen molar-refractivity contribution in [3.8, 4) is 5.75 Å². The van der Waals surface area contributed by atoms with E-state index in [4.69, 9.17) is 4.74 Å². The molecule has 0 atom stereocenters. The summed E-state index contributed by atoms with van der Waals surface area (Å²) < 4.78 is 18.9. The lowest BCUT2D eigenvalue weighted by atomic mass is 10.1. The molecule has 2 rings (SSSR count). The molecule has 1 amide bonds. The van der Waals surface area contributed by atoms with Gasteiger partial charge in [-0.3, -0.25) is 4.79 Å². The number of aliphatic imine (C=N–C) groups is 1. The first-order valence-electron chi connectivity index (χ1n) is 9.49. The third-order valence-corrected chi connectivity index (χ3v) is 4.43. The molecule has 0 saturated carbocycles.